The molecule has 0 saturated heterocycles. The third kappa shape index (κ3) is 5.49. The van der Waals surface area contributed by atoms with Gasteiger partial charge in [0, 0.05) is 25.6 Å². The lowest BCUT2D eigenvalue weighted by Gasteiger charge is -2.19. The summed E-state index contributed by atoms with van der Waals surface area (Å²) in [6.45, 7) is 0.0823. The molecule has 0 spiro atoms. The molecular weight excluding hydrogens is 400 g/mol. The molecule has 2 amide bonds. The van der Waals surface area contributed by atoms with Gasteiger partial charge in [-0.05, 0) is 22.3 Å². The van der Waals surface area contributed by atoms with Gasteiger partial charge in [-0.15, -0.1) is 0 Å². The first-order valence-electron chi connectivity index (χ1n) is 9.79. The Morgan fingerprint density at radius 3 is 2.26 bits per heavy atom. The van der Waals surface area contributed by atoms with Gasteiger partial charge in [-0.3, -0.25) is 4.79 Å². The van der Waals surface area contributed by atoms with Crippen LogP contribution in [0.1, 0.15) is 17.0 Å². The van der Waals surface area contributed by atoms with Crippen molar-refractivity contribution in [2.75, 3.05) is 26.9 Å². The van der Waals surface area contributed by atoms with Crippen LogP contribution < -0.4 is 10.6 Å². The highest BCUT2D eigenvalue weighted by molar-refractivity contribution is 5.86. The number of fused-ring (bicyclic) bond motifs is 3. The zero-order chi connectivity index (χ0) is 22.2. The van der Waals surface area contributed by atoms with E-state index in [-0.39, 0.29) is 25.7 Å². The Morgan fingerprint density at radius 2 is 1.68 bits per heavy atom. The highest BCUT2D eigenvalue weighted by atomic mass is 16.5. The van der Waals surface area contributed by atoms with E-state index in [2.05, 4.69) is 10.6 Å². The predicted octanol–water partition coefficient (Wildman–Crippen LogP) is 2.30. The second kappa shape index (κ2) is 10.4. The second-order valence-corrected chi connectivity index (χ2v) is 6.96. The predicted molar refractivity (Wildman–Crippen MR) is 114 cm³/mol. The molecule has 2 aromatic carbocycles. The van der Waals surface area contributed by atoms with E-state index in [1.807, 2.05) is 48.5 Å². The Bertz CT molecular complexity index is 942. The summed E-state index contributed by atoms with van der Waals surface area (Å²) in [5.41, 5.74) is 4.43. The number of rotatable bonds is 9. The van der Waals surface area contributed by atoms with E-state index in [1.54, 1.807) is 0 Å². The van der Waals surface area contributed by atoms with Gasteiger partial charge in [0.15, 0.2) is 0 Å². The van der Waals surface area contributed by atoms with Crippen molar-refractivity contribution < 1.29 is 29.0 Å². The van der Waals surface area contributed by atoms with Gasteiger partial charge in [-0.1, -0.05) is 54.6 Å². The standard InChI is InChI=1S/C23H24N2O6/c1-30-14-20(22(28)24-12-6-11-21(26)27)25-23(29)31-13-19-17-9-4-2-7-15(17)16-8-3-5-10-18(16)19/h2-11,19-20H,12-14H2,1H3,(H,24,28)(H,25,29)(H,26,27)/b11-6+/t20-/m0/s1. The molecule has 1 aliphatic rings. The zero-order valence-electron chi connectivity index (χ0n) is 17.0. The van der Waals surface area contributed by atoms with Gasteiger partial charge in [-0.25, -0.2) is 9.59 Å². The maximum absolute atomic E-state index is 12.4. The van der Waals surface area contributed by atoms with E-state index in [1.165, 1.54) is 13.2 Å². The molecule has 8 nitrogen and oxygen atoms in total. The van der Waals surface area contributed by atoms with Crippen LogP contribution in [0.2, 0.25) is 0 Å². The van der Waals surface area contributed by atoms with E-state index in [0.29, 0.717) is 0 Å². The van der Waals surface area contributed by atoms with E-state index in [4.69, 9.17) is 14.6 Å². The number of hydrogen-bond acceptors (Lipinski definition) is 5. The molecule has 162 valence electrons. The monoisotopic (exact) mass is 424 g/mol. The van der Waals surface area contributed by atoms with Crippen LogP contribution in [0, 0.1) is 0 Å². The number of aliphatic carboxylic acids is 1. The summed E-state index contributed by atoms with van der Waals surface area (Å²) < 4.78 is 10.4. The van der Waals surface area contributed by atoms with Crippen LogP contribution >= 0.6 is 0 Å². The topological polar surface area (TPSA) is 114 Å². The van der Waals surface area contributed by atoms with Gasteiger partial charge < -0.3 is 25.2 Å². The van der Waals surface area contributed by atoms with Crippen LogP contribution in [-0.4, -0.2) is 56.0 Å². The van der Waals surface area contributed by atoms with Crippen molar-refractivity contribution in [2.45, 2.75) is 12.0 Å². The number of carbonyl (C=O) groups is 3. The SMILES string of the molecule is COC[C@H](NC(=O)OCC1c2ccccc2-c2ccccc21)C(=O)NC/C=C/C(=O)O. The van der Waals surface area contributed by atoms with E-state index >= 15 is 0 Å². The summed E-state index contributed by atoms with van der Waals surface area (Å²) in [6, 6.07) is 15.0. The normalized spacial score (nSPS) is 13.3. The van der Waals surface area contributed by atoms with Crippen molar-refractivity contribution >= 4 is 18.0 Å². The fourth-order valence-corrected chi connectivity index (χ4v) is 3.57. The van der Waals surface area contributed by atoms with Crippen LogP contribution in [0.3, 0.4) is 0 Å². The Kier molecular flexibility index (Phi) is 7.40. The minimum absolute atomic E-state index is 0.0116. The number of hydrogen-bond donors (Lipinski definition) is 3. The maximum atomic E-state index is 12.4. The van der Waals surface area contributed by atoms with Gasteiger partial charge in [0.25, 0.3) is 0 Å². The van der Waals surface area contributed by atoms with Crippen LogP contribution in [-0.2, 0) is 19.1 Å². The van der Waals surface area contributed by atoms with Crippen LogP contribution in [0.15, 0.2) is 60.7 Å². The largest absolute Gasteiger partial charge is 0.478 e. The van der Waals surface area contributed by atoms with Gasteiger partial charge in [0.2, 0.25) is 5.91 Å². The van der Waals surface area contributed by atoms with Crippen molar-refractivity contribution in [1.29, 1.82) is 0 Å². The van der Waals surface area contributed by atoms with Crippen molar-refractivity contribution in [1.82, 2.24) is 10.6 Å². The van der Waals surface area contributed by atoms with Crippen LogP contribution in [0.25, 0.3) is 11.1 Å². The smallest absolute Gasteiger partial charge is 0.407 e. The Balaban J connectivity index is 1.59. The fraction of sp³-hybridized carbons (Fsp3) is 0.261. The average Bonchev–Trinajstić information content (AvgIpc) is 3.08. The number of amides is 2. The van der Waals surface area contributed by atoms with Crippen molar-refractivity contribution in [3.8, 4) is 11.1 Å². The third-order valence-corrected chi connectivity index (χ3v) is 4.94. The lowest BCUT2D eigenvalue weighted by atomic mass is 9.98. The highest BCUT2D eigenvalue weighted by Gasteiger charge is 2.29. The zero-order valence-corrected chi connectivity index (χ0v) is 17.0. The minimum atomic E-state index is -1.11. The molecule has 1 aliphatic carbocycles. The molecule has 0 aliphatic heterocycles. The molecular formula is C23H24N2O6. The van der Waals surface area contributed by atoms with E-state index in [9.17, 15) is 14.4 Å². The molecule has 0 fully saturated rings. The Hall–Kier alpha value is -3.65. The Labute approximate surface area is 179 Å². The fourth-order valence-electron chi connectivity index (χ4n) is 3.57. The third-order valence-electron chi connectivity index (χ3n) is 4.94. The van der Waals surface area contributed by atoms with Gasteiger partial charge in [0.1, 0.15) is 12.6 Å². The summed E-state index contributed by atoms with van der Waals surface area (Å²) in [5, 5.41) is 13.6. The van der Waals surface area contributed by atoms with E-state index in [0.717, 1.165) is 28.3 Å². The lowest BCUT2D eigenvalue weighted by molar-refractivity contribution is -0.131. The quantitative estimate of drug-likeness (QED) is 0.532. The number of nitrogens with one attached hydrogen (secondary N) is 2. The number of alkyl carbamates (subject to hydrolysis) is 1. The van der Waals surface area contributed by atoms with Gasteiger partial charge in [0.05, 0.1) is 6.61 Å². The van der Waals surface area contributed by atoms with E-state index < -0.39 is 24.0 Å². The van der Waals surface area contributed by atoms with Crippen LogP contribution in [0.5, 0.6) is 0 Å². The molecule has 0 unspecified atom stereocenters. The summed E-state index contributed by atoms with van der Waals surface area (Å²) in [6.07, 6.45) is 1.47. The number of carbonyl (C=O) groups excluding carboxylic acids is 2. The molecule has 0 bridgehead atoms. The van der Waals surface area contributed by atoms with Gasteiger partial charge >= 0.3 is 12.1 Å². The molecule has 0 aromatic heterocycles. The molecule has 31 heavy (non-hydrogen) atoms. The molecule has 2 aromatic rings. The highest BCUT2D eigenvalue weighted by Crippen LogP contribution is 2.44. The summed E-state index contributed by atoms with van der Waals surface area (Å²) in [5.74, 6) is -1.71. The molecule has 8 heteroatoms. The summed E-state index contributed by atoms with van der Waals surface area (Å²) in [7, 11) is 1.41. The Morgan fingerprint density at radius 1 is 1.06 bits per heavy atom. The molecule has 1 atom stereocenters. The molecule has 0 heterocycles. The number of ether oxygens (including phenoxy) is 2. The lowest BCUT2D eigenvalue weighted by Crippen LogP contribution is -2.49. The minimum Gasteiger partial charge on any atom is -0.478 e. The molecule has 0 radical (unpaired) electrons. The molecule has 0 saturated carbocycles. The number of carboxylic acids is 1. The number of carboxylic acid groups (broad SMARTS) is 1. The van der Waals surface area contributed by atoms with Crippen LogP contribution in [0.4, 0.5) is 4.79 Å². The summed E-state index contributed by atoms with van der Waals surface area (Å²) in [4.78, 5) is 35.1. The van der Waals surface area contributed by atoms with Crippen molar-refractivity contribution in [3.63, 3.8) is 0 Å². The number of benzene rings is 2. The first kappa shape index (κ1) is 22.0. The molecule has 3 rings (SSSR count). The summed E-state index contributed by atoms with van der Waals surface area (Å²) >= 11 is 0. The average molecular weight is 424 g/mol. The first-order chi connectivity index (χ1) is 15.0. The van der Waals surface area contributed by atoms with Crippen molar-refractivity contribution in [3.05, 3.63) is 71.8 Å². The second-order valence-electron chi connectivity index (χ2n) is 6.96. The molecule has 3 N–H and O–H groups in total. The first-order valence-corrected chi connectivity index (χ1v) is 9.79. The van der Waals surface area contributed by atoms with Crippen molar-refractivity contribution in [2.24, 2.45) is 0 Å². The maximum Gasteiger partial charge on any atom is 0.407 e. The van der Waals surface area contributed by atoms with Gasteiger partial charge in [-0.2, -0.15) is 0 Å². The number of methoxy groups -OCH3 is 1.